The Balaban J connectivity index is 2.22. The predicted octanol–water partition coefficient (Wildman–Crippen LogP) is 2.55. The van der Waals surface area contributed by atoms with Crippen LogP contribution in [-0.2, 0) is 14.3 Å². The molecule has 0 aromatic heterocycles. The molecule has 0 unspecified atom stereocenters. The van der Waals surface area contributed by atoms with Crippen LogP contribution in [0.2, 0.25) is 0 Å². The lowest BCUT2D eigenvalue weighted by Gasteiger charge is -2.28. The van der Waals surface area contributed by atoms with Crippen molar-refractivity contribution < 1.29 is 23.8 Å². The van der Waals surface area contributed by atoms with Crippen molar-refractivity contribution in [1.82, 2.24) is 9.80 Å². The van der Waals surface area contributed by atoms with E-state index in [0.29, 0.717) is 31.1 Å². The monoisotopic (exact) mass is 410 g/mol. The third kappa shape index (κ3) is 4.91. The Kier molecular flexibility index (Phi) is 8.44. The van der Waals surface area contributed by atoms with Crippen LogP contribution >= 0.6 is 11.8 Å². The van der Waals surface area contributed by atoms with E-state index in [4.69, 9.17) is 14.2 Å². The first kappa shape index (κ1) is 22.4. The highest BCUT2D eigenvalue weighted by molar-refractivity contribution is 8.01. The van der Waals surface area contributed by atoms with Gasteiger partial charge in [-0.15, -0.1) is 11.8 Å². The normalized spacial score (nSPS) is 19.0. The number of ether oxygens (including phenoxy) is 3. The molecule has 1 saturated heterocycles. The Bertz CT molecular complexity index is 685. The van der Waals surface area contributed by atoms with Gasteiger partial charge in [-0.3, -0.25) is 9.59 Å². The minimum Gasteiger partial charge on any atom is -0.493 e. The molecule has 0 radical (unpaired) electrons. The molecule has 1 aromatic rings. The molecule has 1 aliphatic rings. The molecular weight excluding hydrogens is 380 g/mol. The van der Waals surface area contributed by atoms with Gasteiger partial charge in [-0.2, -0.15) is 0 Å². The Morgan fingerprint density at radius 3 is 2.46 bits per heavy atom. The van der Waals surface area contributed by atoms with Crippen LogP contribution in [0, 0.1) is 0 Å². The quantitative estimate of drug-likeness (QED) is 0.591. The Labute approximate surface area is 171 Å². The van der Waals surface area contributed by atoms with Crippen LogP contribution < -0.4 is 9.47 Å². The summed E-state index contributed by atoms with van der Waals surface area (Å²) in [6.07, 6.45) is 0.768. The molecule has 0 spiro atoms. The zero-order chi connectivity index (χ0) is 20.7. The second-order valence-corrected chi connectivity index (χ2v) is 7.73. The highest BCUT2D eigenvalue weighted by atomic mass is 32.2. The average molecular weight is 411 g/mol. The van der Waals surface area contributed by atoms with Crippen LogP contribution in [0.5, 0.6) is 11.5 Å². The molecule has 1 heterocycles. The SMILES string of the molecule is CC[C@H]1S[C@@H](c2ccc(OC)c(OC)c2)N(CCN(CC)C(=O)COC)C1=O. The van der Waals surface area contributed by atoms with Crippen molar-refractivity contribution in [1.29, 1.82) is 0 Å². The smallest absolute Gasteiger partial charge is 0.248 e. The lowest BCUT2D eigenvalue weighted by molar-refractivity contribution is -0.137. The van der Waals surface area contributed by atoms with Crippen LogP contribution in [0.1, 0.15) is 31.2 Å². The van der Waals surface area contributed by atoms with Crippen LogP contribution in [0.3, 0.4) is 0 Å². The Morgan fingerprint density at radius 1 is 1.18 bits per heavy atom. The van der Waals surface area contributed by atoms with Crippen LogP contribution in [-0.4, -0.2) is 74.4 Å². The van der Waals surface area contributed by atoms with Crippen molar-refractivity contribution in [2.75, 3.05) is 47.6 Å². The van der Waals surface area contributed by atoms with Crippen molar-refractivity contribution in [2.45, 2.75) is 30.9 Å². The van der Waals surface area contributed by atoms with E-state index in [0.717, 1.165) is 12.0 Å². The van der Waals surface area contributed by atoms with Crippen molar-refractivity contribution in [3.63, 3.8) is 0 Å². The lowest BCUT2D eigenvalue weighted by atomic mass is 10.1. The van der Waals surface area contributed by atoms with Gasteiger partial charge in [0, 0.05) is 26.7 Å². The molecule has 0 saturated carbocycles. The number of carbonyl (C=O) groups excluding carboxylic acids is 2. The van der Waals surface area contributed by atoms with Crippen LogP contribution in [0.15, 0.2) is 18.2 Å². The zero-order valence-corrected chi connectivity index (χ0v) is 18.1. The highest BCUT2D eigenvalue weighted by Gasteiger charge is 2.40. The molecule has 1 aromatic carbocycles. The van der Waals surface area contributed by atoms with Gasteiger partial charge in [0.25, 0.3) is 0 Å². The molecule has 1 fully saturated rings. The molecule has 156 valence electrons. The molecule has 2 atom stereocenters. The predicted molar refractivity (Wildman–Crippen MR) is 110 cm³/mol. The first-order valence-electron chi connectivity index (χ1n) is 9.45. The van der Waals surface area contributed by atoms with Gasteiger partial charge >= 0.3 is 0 Å². The maximum Gasteiger partial charge on any atom is 0.248 e. The molecule has 7 nitrogen and oxygen atoms in total. The molecule has 2 amide bonds. The number of amides is 2. The molecule has 0 bridgehead atoms. The summed E-state index contributed by atoms with van der Waals surface area (Å²) < 4.78 is 15.7. The van der Waals surface area contributed by atoms with Gasteiger partial charge in [0.2, 0.25) is 11.8 Å². The fourth-order valence-electron chi connectivity index (χ4n) is 3.25. The number of rotatable bonds is 10. The van der Waals surface area contributed by atoms with Gasteiger partial charge < -0.3 is 24.0 Å². The topological polar surface area (TPSA) is 68.3 Å². The summed E-state index contributed by atoms with van der Waals surface area (Å²) in [6.45, 7) is 5.53. The zero-order valence-electron chi connectivity index (χ0n) is 17.3. The summed E-state index contributed by atoms with van der Waals surface area (Å²) >= 11 is 1.64. The molecule has 28 heavy (non-hydrogen) atoms. The molecule has 1 aliphatic heterocycles. The van der Waals surface area contributed by atoms with Gasteiger partial charge in [-0.1, -0.05) is 13.0 Å². The minimum absolute atomic E-state index is 0.0488. The number of thioether (sulfide) groups is 1. The second-order valence-electron chi connectivity index (χ2n) is 6.44. The maximum atomic E-state index is 12.9. The summed E-state index contributed by atoms with van der Waals surface area (Å²) in [4.78, 5) is 28.6. The van der Waals surface area contributed by atoms with E-state index in [1.165, 1.54) is 7.11 Å². The van der Waals surface area contributed by atoms with Crippen molar-refractivity contribution in [2.24, 2.45) is 0 Å². The van der Waals surface area contributed by atoms with E-state index in [-0.39, 0.29) is 29.0 Å². The van der Waals surface area contributed by atoms with Crippen molar-refractivity contribution in [3.05, 3.63) is 23.8 Å². The maximum absolute atomic E-state index is 12.9. The third-order valence-corrected chi connectivity index (χ3v) is 6.46. The van der Waals surface area contributed by atoms with Crippen molar-refractivity contribution >= 4 is 23.6 Å². The van der Waals surface area contributed by atoms with Crippen molar-refractivity contribution in [3.8, 4) is 11.5 Å². The van der Waals surface area contributed by atoms with E-state index in [9.17, 15) is 9.59 Å². The molecular formula is C20H30N2O5S. The van der Waals surface area contributed by atoms with Gasteiger partial charge in [0.1, 0.15) is 12.0 Å². The third-order valence-electron chi connectivity index (χ3n) is 4.81. The van der Waals surface area contributed by atoms with Crippen LogP contribution in [0.25, 0.3) is 0 Å². The Hall–Kier alpha value is -1.93. The fraction of sp³-hybridized carbons (Fsp3) is 0.600. The number of benzene rings is 1. The first-order chi connectivity index (χ1) is 13.5. The molecule has 2 rings (SSSR count). The summed E-state index contributed by atoms with van der Waals surface area (Å²) in [5, 5.41) is -0.198. The number of hydrogen-bond donors (Lipinski definition) is 0. The number of hydrogen-bond acceptors (Lipinski definition) is 6. The van der Waals surface area contributed by atoms with E-state index in [2.05, 4.69) is 0 Å². The van der Waals surface area contributed by atoms with Gasteiger partial charge in [-0.25, -0.2) is 0 Å². The number of methoxy groups -OCH3 is 3. The fourth-order valence-corrected chi connectivity index (χ4v) is 4.67. The van der Waals surface area contributed by atoms with E-state index < -0.39 is 0 Å². The summed E-state index contributed by atoms with van der Waals surface area (Å²) in [6, 6.07) is 5.74. The molecule has 0 aliphatic carbocycles. The standard InChI is InChI=1S/C20H30N2O5S/c1-6-17-19(24)22(11-10-21(7-2)18(23)13-25-3)20(28-17)14-8-9-15(26-4)16(12-14)27-5/h8-9,12,17,20H,6-7,10-11,13H2,1-5H3/t17-,20+/m1/s1. The Morgan fingerprint density at radius 2 is 1.89 bits per heavy atom. The van der Waals surface area contributed by atoms with E-state index in [1.54, 1.807) is 30.9 Å². The number of likely N-dealkylation sites (N-methyl/N-ethyl adjacent to an activating group) is 1. The second kappa shape index (κ2) is 10.6. The van der Waals surface area contributed by atoms with Crippen LogP contribution in [0.4, 0.5) is 0 Å². The molecule has 8 heteroatoms. The van der Waals surface area contributed by atoms with Gasteiger partial charge in [-0.05, 0) is 31.0 Å². The lowest BCUT2D eigenvalue weighted by Crippen LogP contribution is -2.42. The number of carbonyl (C=O) groups is 2. The summed E-state index contributed by atoms with van der Waals surface area (Å²) in [5.74, 6) is 1.33. The van der Waals surface area contributed by atoms with E-state index >= 15 is 0 Å². The number of nitrogens with zero attached hydrogens (tertiary/aromatic N) is 2. The largest absolute Gasteiger partial charge is 0.493 e. The summed E-state index contributed by atoms with van der Waals surface area (Å²) in [7, 11) is 4.70. The van der Waals surface area contributed by atoms with E-state index in [1.807, 2.05) is 36.9 Å². The summed E-state index contributed by atoms with van der Waals surface area (Å²) in [5.41, 5.74) is 0.984. The highest BCUT2D eigenvalue weighted by Crippen LogP contribution is 2.45. The minimum atomic E-state index is -0.117. The van der Waals surface area contributed by atoms with Gasteiger partial charge in [0.05, 0.1) is 19.5 Å². The van der Waals surface area contributed by atoms with Gasteiger partial charge in [0.15, 0.2) is 11.5 Å². The average Bonchev–Trinajstić information content (AvgIpc) is 3.03. The first-order valence-corrected chi connectivity index (χ1v) is 10.4. The molecule has 0 N–H and O–H groups in total.